The molecule has 1 atom stereocenters. The van der Waals surface area contributed by atoms with Gasteiger partial charge in [0, 0.05) is 14.1 Å². The third-order valence-electron chi connectivity index (χ3n) is 3.89. The van der Waals surface area contributed by atoms with Gasteiger partial charge in [-0.15, -0.1) is 0 Å². The number of nitrogens with two attached hydrogens (primary N) is 1. The van der Waals surface area contributed by atoms with Crippen molar-refractivity contribution in [3.05, 3.63) is 46.4 Å². The predicted octanol–water partition coefficient (Wildman–Crippen LogP) is 1.84. The molecule has 6 nitrogen and oxygen atoms in total. The largest absolute Gasteiger partial charge is 0.471 e. The van der Waals surface area contributed by atoms with Gasteiger partial charge in [-0.3, -0.25) is 14.3 Å². The number of benzene rings is 1. The lowest BCUT2D eigenvalue weighted by atomic mass is 10.2. The molecule has 0 aliphatic heterocycles. The Hall–Kier alpha value is -2.71. The number of carbonyl (C=O) groups excluding carboxylic acids is 1. The molecule has 0 aliphatic rings. The Bertz CT molecular complexity index is 809. The first kappa shape index (κ1) is 17.6. The second-order valence-corrected chi connectivity index (χ2v) is 5.36. The number of carbonyl (C=O) groups is 1. The number of nitrogen functional groups attached to an aromatic ring is 1. The van der Waals surface area contributed by atoms with Crippen molar-refractivity contribution in [1.29, 1.82) is 0 Å². The van der Waals surface area contributed by atoms with E-state index >= 15 is 0 Å². The highest BCUT2D eigenvalue weighted by Gasteiger charge is 2.43. The molecule has 0 fully saturated rings. The molecule has 24 heavy (non-hydrogen) atoms. The van der Waals surface area contributed by atoms with Crippen LogP contribution < -0.4 is 11.3 Å². The average Bonchev–Trinajstić information content (AvgIpc) is 2.75. The van der Waals surface area contributed by atoms with Gasteiger partial charge in [-0.1, -0.05) is 18.2 Å². The molecule has 0 unspecified atom stereocenters. The standard InChI is InChI=1S/C15H17F3N4O2/c1-9(20(2)14(24)15(16,17)18)12-11(19)13(23)22(21(12)3)10-7-5-4-6-8-10/h4-9H,19H2,1-3H3/t9-/m1/s1. The summed E-state index contributed by atoms with van der Waals surface area (Å²) in [5.74, 6) is -2.01. The number of nitrogens with zero attached hydrogens (tertiary/aromatic N) is 3. The van der Waals surface area contributed by atoms with Gasteiger partial charge in [0.25, 0.3) is 5.56 Å². The Labute approximate surface area is 135 Å². The normalized spacial score (nSPS) is 12.9. The summed E-state index contributed by atoms with van der Waals surface area (Å²) in [5, 5.41) is 0. The molecule has 0 spiro atoms. The van der Waals surface area contributed by atoms with Crippen LogP contribution in [0.2, 0.25) is 0 Å². The molecule has 2 N–H and O–H groups in total. The number of aromatic nitrogens is 2. The van der Waals surface area contributed by atoms with Gasteiger partial charge in [-0.2, -0.15) is 13.2 Å². The number of alkyl halides is 3. The van der Waals surface area contributed by atoms with Crippen LogP contribution in [0.25, 0.3) is 5.69 Å². The second-order valence-electron chi connectivity index (χ2n) is 5.36. The van der Waals surface area contributed by atoms with Gasteiger partial charge in [0.2, 0.25) is 0 Å². The molecule has 0 saturated carbocycles. The van der Waals surface area contributed by atoms with Gasteiger partial charge >= 0.3 is 12.1 Å². The summed E-state index contributed by atoms with van der Waals surface area (Å²) in [5.41, 5.74) is 5.70. The monoisotopic (exact) mass is 342 g/mol. The van der Waals surface area contributed by atoms with E-state index in [0.29, 0.717) is 10.6 Å². The summed E-state index contributed by atoms with van der Waals surface area (Å²) in [6.07, 6.45) is -5.00. The van der Waals surface area contributed by atoms with Crippen LogP contribution in [0.15, 0.2) is 35.1 Å². The van der Waals surface area contributed by atoms with E-state index in [0.717, 1.165) is 7.05 Å². The topological polar surface area (TPSA) is 73.3 Å². The number of rotatable bonds is 3. The van der Waals surface area contributed by atoms with E-state index in [1.165, 1.54) is 23.3 Å². The van der Waals surface area contributed by atoms with E-state index in [9.17, 15) is 22.8 Å². The molecule has 1 amide bonds. The van der Waals surface area contributed by atoms with Crippen molar-refractivity contribution >= 4 is 11.6 Å². The van der Waals surface area contributed by atoms with Crippen molar-refractivity contribution in [3.63, 3.8) is 0 Å². The molecule has 1 aromatic heterocycles. The lowest BCUT2D eigenvalue weighted by molar-refractivity contribution is -0.186. The summed E-state index contributed by atoms with van der Waals surface area (Å²) in [4.78, 5) is 24.3. The molecule has 0 bridgehead atoms. The molecular formula is C15H17F3N4O2. The first-order chi connectivity index (χ1) is 11.1. The van der Waals surface area contributed by atoms with Crippen molar-refractivity contribution in [2.45, 2.75) is 19.1 Å². The van der Waals surface area contributed by atoms with Crippen LogP contribution >= 0.6 is 0 Å². The molecule has 1 aromatic carbocycles. The highest BCUT2D eigenvalue weighted by Crippen LogP contribution is 2.28. The van der Waals surface area contributed by atoms with Gasteiger partial charge in [0.15, 0.2) is 0 Å². The maximum absolute atomic E-state index is 12.6. The number of hydrogen-bond donors (Lipinski definition) is 1. The van der Waals surface area contributed by atoms with Crippen LogP contribution in [-0.4, -0.2) is 33.4 Å². The predicted molar refractivity (Wildman–Crippen MR) is 82.7 cm³/mol. The van der Waals surface area contributed by atoms with Crippen molar-refractivity contribution < 1.29 is 18.0 Å². The Morgan fingerprint density at radius 1 is 1.25 bits per heavy atom. The van der Waals surface area contributed by atoms with Crippen LogP contribution in [0.3, 0.4) is 0 Å². The van der Waals surface area contributed by atoms with Crippen LogP contribution in [-0.2, 0) is 11.8 Å². The molecule has 1 heterocycles. The molecule has 0 radical (unpaired) electrons. The molecule has 2 aromatic rings. The molecule has 2 rings (SSSR count). The number of hydrogen-bond acceptors (Lipinski definition) is 3. The fourth-order valence-electron chi connectivity index (χ4n) is 2.56. The minimum absolute atomic E-state index is 0.129. The Morgan fingerprint density at radius 2 is 1.79 bits per heavy atom. The number of para-hydroxylation sites is 1. The van der Waals surface area contributed by atoms with Crippen LogP contribution in [0.4, 0.5) is 18.9 Å². The van der Waals surface area contributed by atoms with E-state index in [2.05, 4.69) is 0 Å². The molecular weight excluding hydrogens is 325 g/mol. The van der Waals surface area contributed by atoms with Gasteiger partial charge < -0.3 is 10.6 Å². The minimum atomic E-state index is -5.00. The SMILES string of the molecule is C[C@H](c1c(N)c(=O)n(-c2ccccc2)n1C)N(C)C(=O)C(F)(F)F. The van der Waals surface area contributed by atoms with Crippen LogP contribution in [0.5, 0.6) is 0 Å². The smallest absolute Gasteiger partial charge is 0.393 e. The van der Waals surface area contributed by atoms with E-state index in [1.807, 2.05) is 0 Å². The summed E-state index contributed by atoms with van der Waals surface area (Å²) in [7, 11) is 2.52. The van der Waals surface area contributed by atoms with E-state index < -0.39 is 23.7 Å². The lowest BCUT2D eigenvalue weighted by Crippen LogP contribution is -2.40. The quantitative estimate of drug-likeness (QED) is 0.925. The van der Waals surface area contributed by atoms with Crippen LogP contribution in [0, 0.1) is 0 Å². The lowest BCUT2D eigenvalue weighted by Gasteiger charge is -2.26. The highest BCUT2D eigenvalue weighted by molar-refractivity contribution is 5.82. The van der Waals surface area contributed by atoms with Crippen molar-refractivity contribution in [2.75, 3.05) is 12.8 Å². The van der Waals surface area contributed by atoms with E-state index in [1.54, 1.807) is 30.3 Å². The molecule has 0 aliphatic carbocycles. The van der Waals surface area contributed by atoms with Gasteiger partial charge in [-0.05, 0) is 19.1 Å². The molecule has 130 valence electrons. The maximum atomic E-state index is 12.6. The summed E-state index contributed by atoms with van der Waals surface area (Å²) >= 11 is 0. The Balaban J connectivity index is 2.53. The fraction of sp³-hybridized carbons (Fsp3) is 0.333. The first-order valence-corrected chi connectivity index (χ1v) is 7.04. The van der Waals surface area contributed by atoms with Crippen molar-refractivity contribution in [3.8, 4) is 5.69 Å². The van der Waals surface area contributed by atoms with Gasteiger partial charge in [0.1, 0.15) is 5.69 Å². The van der Waals surface area contributed by atoms with E-state index in [4.69, 9.17) is 5.73 Å². The molecule has 9 heteroatoms. The summed E-state index contributed by atoms with van der Waals surface area (Å²) in [6, 6.07) is 7.49. The van der Waals surface area contributed by atoms with Crippen molar-refractivity contribution in [1.82, 2.24) is 14.3 Å². The van der Waals surface area contributed by atoms with Crippen LogP contribution in [0.1, 0.15) is 18.7 Å². The number of amides is 1. The zero-order valence-corrected chi connectivity index (χ0v) is 13.3. The third-order valence-corrected chi connectivity index (χ3v) is 3.89. The highest BCUT2D eigenvalue weighted by atomic mass is 19.4. The van der Waals surface area contributed by atoms with E-state index in [-0.39, 0.29) is 11.4 Å². The molecule has 0 saturated heterocycles. The fourth-order valence-corrected chi connectivity index (χ4v) is 2.56. The summed E-state index contributed by atoms with van der Waals surface area (Å²) in [6.45, 7) is 1.38. The Morgan fingerprint density at radius 3 is 2.29 bits per heavy atom. The second kappa shape index (κ2) is 6.06. The minimum Gasteiger partial charge on any atom is -0.393 e. The number of anilines is 1. The zero-order valence-electron chi connectivity index (χ0n) is 13.3. The summed E-state index contributed by atoms with van der Waals surface area (Å²) < 4.78 is 40.5. The maximum Gasteiger partial charge on any atom is 0.471 e. The van der Waals surface area contributed by atoms with Gasteiger partial charge in [0.05, 0.1) is 17.4 Å². The van der Waals surface area contributed by atoms with Crippen molar-refractivity contribution in [2.24, 2.45) is 7.05 Å². The zero-order chi connectivity index (χ0) is 18.2. The average molecular weight is 342 g/mol. The van der Waals surface area contributed by atoms with Gasteiger partial charge in [-0.25, -0.2) is 4.68 Å². The first-order valence-electron chi connectivity index (χ1n) is 7.04. The Kier molecular flexibility index (Phi) is 4.46. The number of halogens is 3. The third kappa shape index (κ3) is 2.89.